The van der Waals surface area contributed by atoms with Gasteiger partial charge in [-0.05, 0) is 20.8 Å². The molecule has 0 heterocycles. The maximum Gasteiger partial charge on any atom is 0.315 e. The summed E-state index contributed by atoms with van der Waals surface area (Å²) in [5.74, 6) is -1.49. The summed E-state index contributed by atoms with van der Waals surface area (Å²) in [4.78, 5) is 21.5. The van der Waals surface area contributed by atoms with E-state index < -0.39 is 11.9 Å². The van der Waals surface area contributed by atoms with Crippen molar-refractivity contribution in [3.63, 3.8) is 0 Å². The van der Waals surface area contributed by atoms with Crippen LogP contribution in [0.2, 0.25) is 0 Å². The third-order valence-corrected chi connectivity index (χ3v) is 1.84. The fourth-order valence-corrected chi connectivity index (χ4v) is 0.757. The molecule has 2 amide bonds. The van der Waals surface area contributed by atoms with Crippen molar-refractivity contribution in [1.29, 1.82) is 0 Å². The molecule has 3 N–H and O–H groups in total. The zero-order chi connectivity index (χ0) is 10.4. The van der Waals surface area contributed by atoms with Crippen molar-refractivity contribution in [2.75, 3.05) is 6.54 Å². The SMILES string of the molecule is CCNC(=O)NC(C)C(C)C(=O)O. The Bertz CT molecular complexity index is 194. The predicted octanol–water partition coefficient (Wildman–Crippen LogP) is 0.415. The monoisotopic (exact) mass is 188 g/mol. The van der Waals surface area contributed by atoms with Crippen LogP contribution in [-0.4, -0.2) is 29.7 Å². The van der Waals surface area contributed by atoms with Crippen molar-refractivity contribution >= 4 is 12.0 Å². The van der Waals surface area contributed by atoms with Crippen molar-refractivity contribution in [1.82, 2.24) is 10.6 Å². The van der Waals surface area contributed by atoms with Gasteiger partial charge in [-0.3, -0.25) is 4.79 Å². The molecule has 0 fully saturated rings. The van der Waals surface area contributed by atoms with E-state index in [2.05, 4.69) is 10.6 Å². The van der Waals surface area contributed by atoms with Gasteiger partial charge in [-0.15, -0.1) is 0 Å². The zero-order valence-corrected chi connectivity index (χ0v) is 8.13. The molecule has 0 saturated carbocycles. The molecular formula is C8H16N2O3. The number of carbonyl (C=O) groups is 2. The van der Waals surface area contributed by atoms with E-state index in [1.165, 1.54) is 0 Å². The number of urea groups is 1. The molecule has 0 spiro atoms. The molecule has 2 unspecified atom stereocenters. The smallest absolute Gasteiger partial charge is 0.315 e. The minimum Gasteiger partial charge on any atom is -0.481 e. The molecule has 5 heteroatoms. The van der Waals surface area contributed by atoms with Crippen molar-refractivity contribution in [2.24, 2.45) is 5.92 Å². The van der Waals surface area contributed by atoms with Crippen LogP contribution in [0, 0.1) is 5.92 Å². The molecule has 13 heavy (non-hydrogen) atoms. The van der Waals surface area contributed by atoms with E-state index in [-0.39, 0.29) is 12.1 Å². The molecule has 5 nitrogen and oxygen atoms in total. The van der Waals surface area contributed by atoms with E-state index in [9.17, 15) is 9.59 Å². The van der Waals surface area contributed by atoms with Gasteiger partial charge >= 0.3 is 12.0 Å². The minimum atomic E-state index is -0.913. The van der Waals surface area contributed by atoms with E-state index in [1.54, 1.807) is 20.8 Å². The lowest BCUT2D eigenvalue weighted by Crippen LogP contribution is -2.45. The lowest BCUT2D eigenvalue weighted by Gasteiger charge is -2.17. The second kappa shape index (κ2) is 5.40. The average molecular weight is 188 g/mol. The van der Waals surface area contributed by atoms with Gasteiger partial charge < -0.3 is 15.7 Å². The molecular weight excluding hydrogens is 172 g/mol. The van der Waals surface area contributed by atoms with Crippen LogP contribution in [0.1, 0.15) is 20.8 Å². The lowest BCUT2D eigenvalue weighted by atomic mass is 10.0. The molecule has 0 saturated heterocycles. The number of aliphatic carboxylic acids is 1. The largest absolute Gasteiger partial charge is 0.481 e. The number of nitrogens with one attached hydrogen (secondary N) is 2. The highest BCUT2D eigenvalue weighted by atomic mass is 16.4. The zero-order valence-electron chi connectivity index (χ0n) is 8.13. The number of hydrogen-bond donors (Lipinski definition) is 3. The first-order chi connectivity index (χ1) is 5.99. The van der Waals surface area contributed by atoms with Crippen molar-refractivity contribution in [2.45, 2.75) is 26.8 Å². The van der Waals surface area contributed by atoms with Crippen LogP contribution in [0.5, 0.6) is 0 Å². The van der Waals surface area contributed by atoms with Crippen LogP contribution in [0.3, 0.4) is 0 Å². The summed E-state index contributed by atoms with van der Waals surface area (Å²) >= 11 is 0. The summed E-state index contributed by atoms with van der Waals surface area (Å²) < 4.78 is 0. The van der Waals surface area contributed by atoms with E-state index in [1.807, 2.05) is 0 Å². The van der Waals surface area contributed by atoms with Crippen LogP contribution in [0.15, 0.2) is 0 Å². The van der Waals surface area contributed by atoms with Crippen LogP contribution in [-0.2, 0) is 4.79 Å². The second-order valence-electron chi connectivity index (χ2n) is 2.92. The molecule has 0 aliphatic heterocycles. The normalized spacial score (nSPS) is 14.4. The Morgan fingerprint density at radius 1 is 1.38 bits per heavy atom. The Balaban J connectivity index is 3.92. The maximum atomic E-state index is 11.0. The fourth-order valence-electron chi connectivity index (χ4n) is 0.757. The molecule has 0 radical (unpaired) electrons. The van der Waals surface area contributed by atoms with E-state index in [0.29, 0.717) is 6.54 Å². The van der Waals surface area contributed by atoms with Gasteiger partial charge in [0.2, 0.25) is 0 Å². The summed E-state index contributed by atoms with van der Waals surface area (Å²) in [7, 11) is 0. The van der Waals surface area contributed by atoms with Gasteiger partial charge in [-0.25, -0.2) is 4.79 Å². The number of carbonyl (C=O) groups excluding carboxylic acids is 1. The third-order valence-electron chi connectivity index (χ3n) is 1.84. The number of carboxylic acid groups (broad SMARTS) is 1. The number of carboxylic acids is 1. The van der Waals surface area contributed by atoms with Gasteiger partial charge in [0.05, 0.1) is 5.92 Å². The summed E-state index contributed by atoms with van der Waals surface area (Å²) in [6.07, 6.45) is 0. The van der Waals surface area contributed by atoms with Crippen molar-refractivity contribution in [3.05, 3.63) is 0 Å². The van der Waals surface area contributed by atoms with Gasteiger partial charge in [-0.2, -0.15) is 0 Å². The van der Waals surface area contributed by atoms with Crippen molar-refractivity contribution in [3.8, 4) is 0 Å². The van der Waals surface area contributed by atoms with Gasteiger partial charge in [0, 0.05) is 12.6 Å². The summed E-state index contributed by atoms with van der Waals surface area (Å²) in [5.41, 5.74) is 0. The van der Waals surface area contributed by atoms with Crippen LogP contribution in [0.25, 0.3) is 0 Å². The minimum absolute atomic E-state index is 0.330. The standard InChI is InChI=1S/C8H16N2O3/c1-4-9-8(13)10-6(3)5(2)7(11)12/h5-6H,4H2,1-3H3,(H,11,12)(H2,9,10,13). The Hall–Kier alpha value is -1.26. The fraction of sp³-hybridized carbons (Fsp3) is 0.750. The lowest BCUT2D eigenvalue weighted by molar-refractivity contribution is -0.141. The van der Waals surface area contributed by atoms with Gasteiger partial charge in [0.25, 0.3) is 0 Å². The third kappa shape index (κ3) is 4.35. The molecule has 0 aromatic heterocycles. The highest BCUT2D eigenvalue weighted by molar-refractivity contribution is 5.76. The van der Waals surface area contributed by atoms with Gasteiger partial charge in [-0.1, -0.05) is 0 Å². The first-order valence-corrected chi connectivity index (χ1v) is 4.26. The van der Waals surface area contributed by atoms with Crippen LogP contribution < -0.4 is 10.6 Å². The van der Waals surface area contributed by atoms with Crippen LogP contribution in [0.4, 0.5) is 4.79 Å². The summed E-state index contributed by atoms with van der Waals surface area (Å²) in [5, 5.41) is 13.7. The Kier molecular flexibility index (Phi) is 4.87. The highest BCUT2D eigenvalue weighted by Gasteiger charge is 2.20. The average Bonchev–Trinajstić information content (AvgIpc) is 2.03. The van der Waals surface area contributed by atoms with E-state index in [0.717, 1.165) is 0 Å². The first kappa shape index (κ1) is 11.7. The number of hydrogen-bond acceptors (Lipinski definition) is 2. The molecule has 0 bridgehead atoms. The van der Waals surface area contributed by atoms with E-state index >= 15 is 0 Å². The Morgan fingerprint density at radius 2 is 1.92 bits per heavy atom. The van der Waals surface area contributed by atoms with Crippen LogP contribution >= 0.6 is 0 Å². The molecule has 2 atom stereocenters. The number of rotatable bonds is 4. The quantitative estimate of drug-likeness (QED) is 0.598. The second-order valence-corrected chi connectivity index (χ2v) is 2.92. The molecule has 76 valence electrons. The van der Waals surface area contributed by atoms with Gasteiger partial charge in [0.1, 0.15) is 0 Å². The van der Waals surface area contributed by atoms with Crippen molar-refractivity contribution < 1.29 is 14.7 Å². The topological polar surface area (TPSA) is 78.4 Å². The highest BCUT2D eigenvalue weighted by Crippen LogP contribution is 2.01. The first-order valence-electron chi connectivity index (χ1n) is 4.26. The Labute approximate surface area is 77.5 Å². The molecule has 0 aliphatic rings. The predicted molar refractivity (Wildman–Crippen MR) is 48.5 cm³/mol. The maximum absolute atomic E-state index is 11.0. The summed E-state index contributed by atoms with van der Waals surface area (Å²) in [6.45, 7) is 5.54. The summed E-state index contributed by atoms with van der Waals surface area (Å²) in [6, 6.07) is -0.702. The molecule has 0 rings (SSSR count). The Morgan fingerprint density at radius 3 is 2.31 bits per heavy atom. The van der Waals surface area contributed by atoms with Gasteiger partial charge in [0.15, 0.2) is 0 Å². The molecule has 0 aliphatic carbocycles. The van der Waals surface area contributed by atoms with E-state index in [4.69, 9.17) is 5.11 Å². The molecule has 0 aromatic carbocycles. The number of amides is 2. The molecule has 0 aromatic rings.